The number of rotatable bonds is 5. The Labute approximate surface area is 213 Å². The van der Waals surface area contributed by atoms with Gasteiger partial charge in [0, 0.05) is 36.0 Å². The van der Waals surface area contributed by atoms with E-state index < -0.39 is 6.10 Å². The van der Waals surface area contributed by atoms with Crippen molar-refractivity contribution in [3.05, 3.63) is 94.8 Å². The van der Waals surface area contributed by atoms with E-state index in [0.717, 1.165) is 33.2 Å². The molecule has 0 bridgehead atoms. The standard InChI is InChI=1S/C29H26N4O4/c1-36-27-9-7-19(15-31-27)24-8-6-18(14-30-24)12-20-13-23-28(22-5-3-2-4-21(20)22)32-17-33(29(23)35)25-10-11-37-16-26(25)34/h2-9,13-15,17,25-26,34H,10-12,16H2,1H3/t25?,26-/m0/s1. The zero-order valence-corrected chi connectivity index (χ0v) is 20.4. The summed E-state index contributed by atoms with van der Waals surface area (Å²) in [7, 11) is 1.59. The van der Waals surface area contributed by atoms with E-state index in [0.29, 0.717) is 36.2 Å². The monoisotopic (exact) mass is 494 g/mol. The Morgan fingerprint density at radius 3 is 2.62 bits per heavy atom. The number of ether oxygens (including phenoxy) is 2. The van der Waals surface area contributed by atoms with E-state index in [9.17, 15) is 9.90 Å². The van der Waals surface area contributed by atoms with Gasteiger partial charge in [0.25, 0.3) is 5.56 Å². The Balaban J connectivity index is 1.39. The van der Waals surface area contributed by atoms with Gasteiger partial charge in [0.2, 0.25) is 5.88 Å². The number of hydrogen-bond acceptors (Lipinski definition) is 7. The van der Waals surface area contributed by atoms with Crippen molar-refractivity contribution >= 4 is 21.7 Å². The molecule has 5 aromatic rings. The summed E-state index contributed by atoms with van der Waals surface area (Å²) in [4.78, 5) is 27.2. The number of aliphatic hydroxyl groups is 1. The van der Waals surface area contributed by atoms with Gasteiger partial charge in [-0.25, -0.2) is 9.97 Å². The molecule has 186 valence electrons. The lowest BCUT2D eigenvalue weighted by Gasteiger charge is -2.29. The minimum absolute atomic E-state index is 0.150. The average molecular weight is 495 g/mol. The van der Waals surface area contributed by atoms with Gasteiger partial charge in [-0.3, -0.25) is 14.3 Å². The molecule has 2 aromatic carbocycles. The molecular formula is C29H26N4O4. The first-order valence-electron chi connectivity index (χ1n) is 12.2. The van der Waals surface area contributed by atoms with Crippen LogP contribution in [0, 0.1) is 0 Å². The molecule has 1 aliphatic rings. The maximum Gasteiger partial charge on any atom is 0.261 e. The number of pyridine rings is 2. The van der Waals surface area contributed by atoms with Gasteiger partial charge in [0.15, 0.2) is 0 Å². The number of aromatic nitrogens is 4. The van der Waals surface area contributed by atoms with Crippen LogP contribution in [-0.2, 0) is 11.2 Å². The Hall–Kier alpha value is -4.14. The van der Waals surface area contributed by atoms with Gasteiger partial charge >= 0.3 is 0 Å². The highest BCUT2D eigenvalue weighted by atomic mass is 16.5. The predicted molar refractivity (Wildman–Crippen MR) is 141 cm³/mol. The zero-order valence-electron chi connectivity index (χ0n) is 20.4. The third-order valence-corrected chi connectivity index (χ3v) is 6.99. The second-order valence-electron chi connectivity index (χ2n) is 9.25. The van der Waals surface area contributed by atoms with Crippen LogP contribution in [0.4, 0.5) is 0 Å². The fourth-order valence-corrected chi connectivity index (χ4v) is 5.04. The SMILES string of the molecule is COc1ccc(-c2ccc(Cc3cc4c(=O)n(C5CCOC[C@@H]5O)cnc4c4ccccc34)cn2)cn1. The quantitative estimate of drug-likeness (QED) is 0.370. The molecule has 2 atom stereocenters. The third-order valence-electron chi connectivity index (χ3n) is 6.99. The van der Waals surface area contributed by atoms with Crippen molar-refractivity contribution in [3.63, 3.8) is 0 Å². The molecule has 37 heavy (non-hydrogen) atoms. The topological polar surface area (TPSA) is 99.4 Å². The number of hydrogen-bond donors (Lipinski definition) is 1. The van der Waals surface area contributed by atoms with E-state index >= 15 is 0 Å². The van der Waals surface area contributed by atoms with Crippen LogP contribution in [0.2, 0.25) is 0 Å². The summed E-state index contributed by atoms with van der Waals surface area (Å²) in [5.41, 5.74) is 4.30. The molecular weight excluding hydrogens is 468 g/mol. The summed E-state index contributed by atoms with van der Waals surface area (Å²) in [6.45, 7) is 0.721. The van der Waals surface area contributed by atoms with Crippen LogP contribution in [0.1, 0.15) is 23.6 Å². The maximum absolute atomic E-state index is 13.6. The summed E-state index contributed by atoms with van der Waals surface area (Å²) in [6.07, 6.45) is 5.60. The molecule has 4 heterocycles. The van der Waals surface area contributed by atoms with E-state index in [4.69, 9.17) is 9.47 Å². The van der Waals surface area contributed by atoms with Gasteiger partial charge in [-0.2, -0.15) is 0 Å². The van der Waals surface area contributed by atoms with Gasteiger partial charge < -0.3 is 14.6 Å². The van der Waals surface area contributed by atoms with E-state index in [1.807, 2.05) is 54.7 Å². The zero-order chi connectivity index (χ0) is 25.4. The number of methoxy groups -OCH3 is 1. The Morgan fingerprint density at radius 1 is 1.03 bits per heavy atom. The number of fused-ring (bicyclic) bond motifs is 3. The van der Waals surface area contributed by atoms with Gasteiger partial charge in [0.1, 0.15) is 0 Å². The lowest BCUT2D eigenvalue weighted by molar-refractivity contribution is -0.0395. The highest BCUT2D eigenvalue weighted by Crippen LogP contribution is 2.29. The maximum atomic E-state index is 13.6. The normalized spacial score (nSPS) is 17.8. The van der Waals surface area contributed by atoms with E-state index in [-0.39, 0.29) is 18.2 Å². The van der Waals surface area contributed by atoms with E-state index in [1.165, 1.54) is 0 Å². The molecule has 0 amide bonds. The van der Waals surface area contributed by atoms with Crippen molar-refractivity contribution in [2.24, 2.45) is 0 Å². The molecule has 0 radical (unpaired) electrons. The van der Waals surface area contributed by atoms with Gasteiger partial charge in [-0.1, -0.05) is 30.3 Å². The fraction of sp³-hybridized carbons (Fsp3) is 0.241. The summed E-state index contributed by atoms with van der Waals surface area (Å²) in [5.74, 6) is 0.559. The molecule has 1 N–H and O–H groups in total. The van der Waals surface area contributed by atoms with E-state index in [1.54, 1.807) is 24.2 Å². The minimum atomic E-state index is -0.740. The molecule has 0 saturated carbocycles. The Kier molecular flexibility index (Phi) is 6.12. The fourth-order valence-electron chi connectivity index (χ4n) is 5.04. The lowest BCUT2D eigenvalue weighted by atomic mass is 9.96. The van der Waals surface area contributed by atoms with Gasteiger partial charge in [0.05, 0.1) is 48.8 Å². The van der Waals surface area contributed by atoms with Crippen molar-refractivity contribution in [3.8, 4) is 17.1 Å². The van der Waals surface area contributed by atoms with Gasteiger partial charge in [-0.05, 0) is 47.6 Å². The average Bonchev–Trinajstić information content (AvgIpc) is 2.95. The van der Waals surface area contributed by atoms with Crippen molar-refractivity contribution in [2.45, 2.75) is 25.0 Å². The molecule has 8 nitrogen and oxygen atoms in total. The van der Waals surface area contributed by atoms with Crippen LogP contribution < -0.4 is 10.3 Å². The number of benzene rings is 2. The molecule has 1 fully saturated rings. The van der Waals surface area contributed by atoms with Crippen molar-refractivity contribution < 1.29 is 14.6 Å². The van der Waals surface area contributed by atoms with E-state index in [2.05, 4.69) is 21.0 Å². The second-order valence-corrected chi connectivity index (χ2v) is 9.25. The third kappa shape index (κ3) is 4.34. The molecule has 1 unspecified atom stereocenters. The lowest BCUT2D eigenvalue weighted by Crippen LogP contribution is -2.39. The van der Waals surface area contributed by atoms with Crippen LogP contribution in [0.15, 0.2) is 78.1 Å². The Morgan fingerprint density at radius 2 is 1.89 bits per heavy atom. The van der Waals surface area contributed by atoms with Crippen LogP contribution in [0.5, 0.6) is 5.88 Å². The number of aliphatic hydroxyl groups excluding tert-OH is 1. The summed E-state index contributed by atoms with van der Waals surface area (Å²) < 4.78 is 12.0. The second kappa shape index (κ2) is 9.72. The van der Waals surface area contributed by atoms with Crippen LogP contribution >= 0.6 is 0 Å². The van der Waals surface area contributed by atoms with Crippen molar-refractivity contribution in [2.75, 3.05) is 20.3 Å². The molecule has 8 heteroatoms. The highest BCUT2D eigenvalue weighted by Gasteiger charge is 2.27. The summed E-state index contributed by atoms with van der Waals surface area (Å²) >= 11 is 0. The highest BCUT2D eigenvalue weighted by molar-refractivity contribution is 6.06. The largest absolute Gasteiger partial charge is 0.481 e. The van der Waals surface area contributed by atoms with Crippen LogP contribution in [0.3, 0.4) is 0 Å². The Bertz CT molecular complexity index is 1630. The molecule has 0 spiro atoms. The van der Waals surface area contributed by atoms with Crippen LogP contribution in [0.25, 0.3) is 32.9 Å². The smallest absolute Gasteiger partial charge is 0.261 e. The number of nitrogens with zero attached hydrogens (tertiary/aromatic N) is 4. The molecule has 1 aliphatic heterocycles. The van der Waals surface area contributed by atoms with Gasteiger partial charge in [-0.15, -0.1) is 0 Å². The molecule has 3 aromatic heterocycles. The summed E-state index contributed by atoms with van der Waals surface area (Å²) in [6, 6.07) is 17.4. The molecule has 0 aliphatic carbocycles. The van der Waals surface area contributed by atoms with Crippen molar-refractivity contribution in [1.82, 2.24) is 19.5 Å². The first-order chi connectivity index (χ1) is 18.1. The van der Waals surface area contributed by atoms with Crippen molar-refractivity contribution in [1.29, 1.82) is 0 Å². The minimum Gasteiger partial charge on any atom is -0.481 e. The predicted octanol–water partition coefficient (Wildman–Crippen LogP) is 3.93. The summed E-state index contributed by atoms with van der Waals surface area (Å²) in [5, 5.41) is 13.0. The molecule has 6 rings (SSSR count). The first-order valence-corrected chi connectivity index (χ1v) is 12.2. The van der Waals surface area contributed by atoms with Crippen LogP contribution in [-0.4, -0.2) is 51.1 Å². The first kappa shape index (κ1) is 23.3. The molecule has 1 saturated heterocycles.